The van der Waals surface area contributed by atoms with Crippen molar-refractivity contribution in [3.8, 4) is 6.19 Å². The summed E-state index contributed by atoms with van der Waals surface area (Å²) in [6, 6.07) is 20.1. The number of nitrogens with zero attached hydrogens (tertiary/aromatic N) is 4. The largest absolute Gasteiger partial charge is 0.333 e. The smallest absolute Gasteiger partial charge is 0.273 e. The number of nitriles is 1. The van der Waals surface area contributed by atoms with E-state index in [1.807, 2.05) is 66.9 Å². The van der Waals surface area contributed by atoms with Gasteiger partial charge in [-0.05, 0) is 17.4 Å². The summed E-state index contributed by atoms with van der Waals surface area (Å²) in [5.41, 5.74) is 0.848. The Morgan fingerprint density at radius 1 is 1.00 bits per heavy atom. The average Bonchev–Trinajstić information content (AvgIpc) is 2.75. The highest BCUT2D eigenvalue weighted by atomic mass is 32.2. The molecule has 0 radical (unpaired) electrons. The number of amidine groups is 1. The summed E-state index contributed by atoms with van der Waals surface area (Å²) in [5, 5.41) is 11.6. The Kier molecular flexibility index (Phi) is 6.66. The lowest BCUT2D eigenvalue weighted by atomic mass is 10.2. The fourth-order valence-electron chi connectivity index (χ4n) is 2.80. The summed E-state index contributed by atoms with van der Waals surface area (Å²) in [4.78, 5) is 30.2. The van der Waals surface area contributed by atoms with Gasteiger partial charge in [0.25, 0.3) is 5.56 Å². The fraction of sp³-hybridized carbons (Fsp3) is 0.143. The van der Waals surface area contributed by atoms with Crippen LogP contribution >= 0.6 is 11.8 Å². The van der Waals surface area contributed by atoms with Crippen molar-refractivity contribution in [1.82, 2.24) is 14.5 Å². The minimum absolute atomic E-state index is 0.170. The molecule has 0 aliphatic carbocycles. The van der Waals surface area contributed by atoms with E-state index in [0.29, 0.717) is 5.17 Å². The molecule has 8 heteroatoms. The van der Waals surface area contributed by atoms with Crippen LogP contribution in [0.3, 0.4) is 0 Å². The normalized spacial score (nSPS) is 11.1. The molecule has 146 valence electrons. The molecule has 0 bridgehead atoms. The molecule has 3 aromatic rings. The van der Waals surface area contributed by atoms with Gasteiger partial charge in [-0.1, -0.05) is 72.4 Å². The summed E-state index contributed by atoms with van der Waals surface area (Å²) in [7, 11) is 0. The van der Waals surface area contributed by atoms with Crippen LogP contribution in [0.4, 0.5) is 5.82 Å². The molecular formula is C21H19N5O2S. The zero-order chi connectivity index (χ0) is 20.6. The SMILES string of the molecule is CS/C(=N\c1cc(=O)n(Cc2ccccc2)c(=O)n1Cc1ccccc1)NC#N. The highest BCUT2D eigenvalue weighted by Gasteiger charge is 2.13. The van der Waals surface area contributed by atoms with E-state index in [-0.39, 0.29) is 18.9 Å². The van der Waals surface area contributed by atoms with E-state index in [9.17, 15) is 9.59 Å². The van der Waals surface area contributed by atoms with Crippen LogP contribution in [0.1, 0.15) is 11.1 Å². The van der Waals surface area contributed by atoms with Crippen LogP contribution in [0.15, 0.2) is 81.3 Å². The number of nitrogens with one attached hydrogen (secondary N) is 1. The van der Waals surface area contributed by atoms with Crippen LogP contribution in [0.5, 0.6) is 0 Å². The molecule has 1 N–H and O–H groups in total. The van der Waals surface area contributed by atoms with E-state index in [4.69, 9.17) is 5.26 Å². The van der Waals surface area contributed by atoms with Crippen molar-refractivity contribution >= 4 is 22.7 Å². The number of aliphatic imine (C=N–C) groups is 1. The van der Waals surface area contributed by atoms with Gasteiger partial charge in [-0.15, -0.1) is 0 Å². The molecule has 3 rings (SSSR count). The number of rotatable bonds is 5. The first kappa shape index (κ1) is 20.2. The van der Waals surface area contributed by atoms with E-state index in [1.54, 1.807) is 6.26 Å². The first-order valence-electron chi connectivity index (χ1n) is 8.82. The van der Waals surface area contributed by atoms with Gasteiger partial charge in [0.15, 0.2) is 11.4 Å². The number of thioether (sulfide) groups is 1. The Morgan fingerprint density at radius 3 is 2.07 bits per heavy atom. The Morgan fingerprint density at radius 2 is 1.55 bits per heavy atom. The van der Waals surface area contributed by atoms with Gasteiger partial charge < -0.3 is 0 Å². The molecule has 29 heavy (non-hydrogen) atoms. The summed E-state index contributed by atoms with van der Waals surface area (Å²) >= 11 is 1.22. The van der Waals surface area contributed by atoms with Crippen molar-refractivity contribution in [3.05, 3.63) is 98.7 Å². The highest BCUT2D eigenvalue weighted by Crippen LogP contribution is 2.13. The topological polar surface area (TPSA) is 92.2 Å². The highest BCUT2D eigenvalue weighted by molar-refractivity contribution is 8.13. The lowest BCUT2D eigenvalue weighted by Crippen LogP contribution is -2.40. The molecule has 0 atom stereocenters. The first-order chi connectivity index (χ1) is 14.1. The monoisotopic (exact) mass is 405 g/mol. The van der Waals surface area contributed by atoms with Gasteiger partial charge in [0.05, 0.1) is 13.1 Å². The minimum Gasteiger partial charge on any atom is -0.273 e. The van der Waals surface area contributed by atoms with Crippen LogP contribution in [-0.4, -0.2) is 20.6 Å². The predicted molar refractivity (Wildman–Crippen MR) is 115 cm³/mol. The van der Waals surface area contributed by atoms with E-state index >= 15 is 0 Å². The zero-order valence-corrected chi connectivity index (χ0v) is 16.6. The minimum atomic E-state index is -0.457. The third kappa shape index (κ3) is 5.03. The Labute approximate surface area is 172 Å². The van der Waals surface area contributed by atoms with Gasteiger partial charge >= 0.3 is 5.69 Å². The quantitative estimate of drug-likeness (QED) is 0.305. The molecule has 2 aromatic carbocycles. The summed E-state index contributed by atoms with van der Waals surface area (Å²) in [6.45, 7) is 0.422. The van der Waals surface area contributed by atoms with E-state index in [2.05, 4.69) is 10.3 Å². The molecule has 1 heterocycles. The molecule has 0 aliphatic heterocycles. The molecule has 0 amide bonds. The zero-order valence-electron chi connectivity index (χ0n) is 15.8. The van der Waals surface area contributed by atoms with Crippen molar-refractivity contribution in [3.63, 3.8) is 0 Å². The van der Waals surface area contributed by atoms with E-state index in [0.717, 1.165) is 11.1 Å². The van der Waals surface area contributed by atoms with Gasteiger partial charge in [-0.2, -0.15) is 5.26 Å². The second kappa shape index (κ2) is 9.57. The van der Waals surface area contributed by atoms with Gasteiger partial charge in [0.1, 0.15) is 5.82 Å². The Hall–Kier alpha value is -3.57. The van der Waals surface area contributed by atoms with Gasteiger partial charge in [-0.3, -0.25) is 19.2 Å². The second-order valence-electron chi connectivity index (χ2n) is 6.12. The summed E-state index contributed by atoms with van der Waals surface area (Å²) in [5.74, 6) is 0.195. The van der Waals surface area contributed by atoms with Crippen molar-refractivity contribution in [2.75, 3.05) is 6.26 Å². The van der Waals surface area contributed by atoms with Crippen LogP contribution in [0.25, 0.3) is 0 Å². The van der Waals surface area contributed by atoms with E-state index < -0.39 is 11.2 Å². The van der Waals surface area contributed by atoms with Crippen LogP contribution in [0, 0.1) is 11.5 Å². The fourth-order valence-corrected chi connectivity index (χ4v) is 3.13. The number of benzene rings is 2. The molecule has 0 fully saturated rings. The summed E-state index contributed by atoms with van der Waals surface area (Å²) in [6.07, 6.45) is 3.56. The maximum Gasteiger partial charge on any atom is 0.333 e. The van der Waals surface area contributed by atoms with Crippen molar-refractivity contribution in [2.24, 2.45) is 4.99 Å². The van der Waals surface area contributed by atoms with Gasteiger partial charge in [0, 0.05) is 6.07 Å². The number of hydrogen-bond acceptors (Lipinski definition) is 5. The maximum atomic E-state index is 13.2. The van der Waals surface area contributed by atoms with E-state index in [1.165, 1.54) is 27.0 Å². The third-order valence-corrected chi connectivity index (χ3v) is 4.78. The lowest BCUT2D eigenvalue weighted by Gasteiger charge is -2.14. The number of hydrogen-bond donors (Lipinski definition) is 1. The second-order valence-corrected chi connectivity index (χ2v) is 6.92. The molecule has 0 aliphatic rings. The molecule has 7 nitrogen and oxygen atoms in total. The Bertz CT molecular complexity index is 1160. The van der Waals surface area contributed by atoms with Crippen molar-refractivity contribution < 1.29 is 0 Å². The van der Waals surface area contributed by atoms with Crippen LogP contribution in [0.2, 0.25) is 0 Å². The standard InChI is InChI=1S/C21H19N5O2S/c1-29-20(23-15-22)24-18-12-19(27)26(14-17-10-6-3-7-11-17)21(28)25(18)13-16-8-4-2-5-9-16/h2-12H,13-14H2,1H3,(H,23,24). The van der Waals surface area contributed by atoms with Crippen molar-refractivity contribution in [2.45, 2.75) is 13.1 Å². The number of aromatic nitrogens is 2. The first-order valence-corrected chi connectivity index (χ1v) is 10.0. The third-order valence-electron chi connectivity index (χ3n) is 4.20. The molecule has 1 aromatic heterocycles. The van der Waals surface area contributed by atoms with Gasteiger partial charge in [-0.25, -0.2) is 9.79 Å². The predicted octanol–water partition coefficient (Wildman–Crippen LogP) is 2.53. The average molecular weight is 405 g/mol. The lowest BCUT2D eigenvalue weighted by molar-refractivity contribution is 0.615. The van der Waals surface area contributed by atoms with Gasteiger partial charge in [0.2, 0.25) is 0 Å². The molecular weight excluding hydrogens is 386 g/mol. The molecule has 0 saturated heterocycles. The molecule has 0 saturated carbocycles. The molecule has 0 unspecified atom stereocenters. The van der Waals surface area contributed by atoms with Crippen LogP contribution in [-0.2, 0) is 13.1 Å². The maximum absolute atomic E-state index is 13.2. The van der Waals surface area contributed by atoms with Crippen LogP contribution < -0.4 is 16.6 Å². The Balaban J connectivity index is 2.14. The van der Waals surface area contributed by atoms with Crippen molar-refractivity contribution in [1.29, 1.82) is 5.26 Å². The summed E-state index contributed by atoms with van der Waals surface area (Å²) < 4.78 is 2.63. The molecule has 0 spiro atoms.